The molecule has 0 radical (unpaired) electrons. The number of hydrogen-bond donors (Lipinski definition) is 2. The average Bonchev–Trinajstić information content (AvgIpc) is 2.83. The van der Waals surface area contributed by atoms with Gasteiger partial charge in [0.1, 0.15) is 0 Å². The number of aromatic nitrogens is 1. The molecule has 1 aliphatic rings. The summed E-state index contributed by atoms with van der Waals surface area (Å²) in [4.78, 5) is 4.14. The minimum atomic E-state index is -0.479. The van der Waals surface area contributed by atoms with Crippen molar-refractivity contribution in [2.24, 2.45) is 17.1 Å². The van der Waals surface area contributed by atoms with Gasteiger partial charge in [-0.1, -0.05) is 13.3 Å². The van der Waals surface area contributed by atoms with E-state index in [9.17, 15) is 5.11 Å². The molecule has 2 rings (SSSR count). The zero-order valence-electron chi connectivity index (χ0n) is 11.4. The molecular weight excluding hydrogens is 224 g/mol. The van der Waals surface area contributed by atoms with E-state index in [1.165, 1.54) is 12.8 Å². The van der Waals surface area contributed by atoms with E-state index in [2.05, 4.69) is 11.9 Å². The van der Waals surface area contributed by atoms with Crippen LogP contribution in [0.25, 0.3) is 0 Å². The zero-order valence-corrected chi connectivity index (χ0v) is 11.4. The first-order valence-electron chi connectivity index (χ1n) is 6.91. The second kappa shape index (κ2) is 5.37. The minimum absolute atomic E-state index is 0.144. The van der Waals surface area contributed by atoms with Crippen LogP contribution in [0.5, 0.6) is 0 Å². The lowest BCUT2D eigenvalue weighted by molar-refractivity contribution is 0.0294. The molecule has 3 unspecified atom stereocenters. The third-order valence-corrected chi connectivity index (χ3v) is 4.68. The van der Waals surface area contributed by atoms with Crippen molar-refractivity contribution >= 4 is 0 Å². The summed E-state index contributed by atoms with van der Waals surface area (Å²) in [5.41, 5.74) is 7.90. The number of rotatable bonds is 4. The summed E-state index contributed by atoms with van der Waals surface area (Å²) in [6.45, 7) is 4.80. The van der Waals surface area contributed by atoms with Gasteiger partial charge in [-0.15, -0.1) is 0 Å². The summed E-state index contributed by atoms with van der Waals surface area (Å²) in [6, 6.07) is 1.95. The van der Waals surface area contributed by atoms with E-state index in [1.807, 2.05) is 13.0 Å². The van der Waals surface area contributed by atoms with E-state index in [-0.39, 0.29) is 5.41 Å². The van der Waals surface area contributed by atoms with E-state index in [1.54, 1.807) is 12.4 Å². The fraction of sp³-hybridized carbons (Fsp3) is 0.667. The van der Waals surface area contributed by atoms with Crippen LogP contribution in [0.15, 0.2) is 18.5 Å². The lowest BCUT2D eigenvalue weighted by Crippen LogP contribution is -2.35. The maximum absolute atomic E-state index is 10.7. The molecule has 3 atom stereocenters. The van der Waals surface area contributed by atoms with Gasteiger partial charge in [-0.25, -0.2) is 0 Å². The van der Waals surface area contributed by atoms with Crippen molar-refractivity contribution in [2.45, 2.75) is 45.6 Å². The molecule has 100 valence electrons. The lowest BCUT2D eigenvalue weighted by Gasteiger charge is -2.34. The first-order valence-corrected chi connectivity index (χ1v) is 6.91. The van der Waals surface area contributed by atoms with Gasteiger partial charge in [-0.2, -0.15) is 0 Å². The number of aliphatic hydroxyl groups excluding tert-OH is 1. The number of nitrogens with zero attached hydrogens (tertiary/aromatic N) is 1. The quantitative estimate of drug-likeness (QED) is 0.861. The van der Waals surface area contributed by atoms with Gasteiger partial charge in [-0.3, -0.25) is 4.98 Å². The van der Waals surface area contributed by atoms with Crippen LogP contribution < -0.4 is 5.73 Å². The Morgan fingerprint density at radius 2 is 2.39 bits per heavy atom. The topological polar surface area (TPSA) is 59.1 Å². The van der Waals surface area contributed by atoms with Gasteiger partial charge in [-0.05, 0) is 43.7 Å². The van der Waals surface area contributed by atoms with Crippen LogP contribution >= 0.6 is 0 Å². The van der Waals surface area contributed by atoms with E-state index < -0.39 is 6.10 Å². The predicted octanol–water partition coefficient (Wildman–Crippen LogP) is 2.58. The Morgan fingerprint density at radius 3 is 2.94 bits per heavy atom. The summed E-state index contributed by atoms with van der Waals surface area (Å²) >= 11 is 0. The van der Waals surface area contributed by atoms with Crippen LogP contribution in [0.2, 0.25) is 0 Å². The molecule has 1 fully saturated rings. The summed E-state index contributed by atoms with van der Waals surface area (Å²) in [7, 11) is 0. The molecule has 1 saturated carbocycles. The molecule has 1 heterocycles. The maximum atomic E-state index is 10.7. The minimum Gasteiger partial charge on any atom is -0.388 e. The van der Waals surface area contributed by atoms with Crippen LogP contribution in [-0.4, -0.2) is 16.6 Å². The third kappa shape index (κ3) is 2.29. The highest BCUT2D eigenvalue weighted by molar-refractivity contribution is 5.26. The molecule has 1 aliphatic carbocycles. The van der Waals surface area contributed by atoms with Crippen LogP contribution in [-0.2, 0) is 0 Å². The first kappa shape index (κ1) is 13.5. The van der Waals surface area contributed by atoms with E-state index in [0.29, 0.717) is 12.5 Å². The molecule has 3 N–H and O–H groups in total. The van der Waals surface area contributed by atoms with Gasteiger partial charge in [0.05, 0.1) is 6.10 Å². The summed E-state index contributed by atoms with van der Waals surface area (Å²) < 4.78 is 0. The van der Waals surface area contributed by atoms with Gasteiger partial charge in [0.15, 0.2) is 0 Å². The Labute approximate surface area is 109 Å². The Hall–Kier alpha value is -0.930. The highest BCUT2D eigenvalue weighted by Gasteiger charge is 2.44. The normalized spacial score (nSPS) is 29.4. The van der Waals surface area contributed by atoms with E-state index in [0.717, 1.165) is 24.0 Å². The number of hydrogen-bond acceptors (Lipinski definition) is 3. The van der Waals surface area contributed by atoms with Crippen LogP contribution in [0.3, 0.4) is 0 Å². The van der Waals surface area contributed by atoms with E-state index in [4.69, 9.17) is 5.73 Å². The smallest absolute Gasteiger partial charge is 0.0875 e. The number of aryl methyl sites for hydroxylation is 1. The SMILES string of the molecule is CCC1CCC(CN)(C(O)c2cnccc2C)C1. The maximum Gasteiger partial charge on any atom is 0.0875 e. The molecule has 0 aromatic carbocycles. The summed E-state index contributed by atoms with van der Waals surface area (Å²) in [5.74, 6) is 0.708. The largest absolute Gasteiger partial charge is 0.388 e. The highest BCUT2D eigenvalue weighted by Crippen LogP contribution is 2.50. The summed E-state index contributed by atoms with van der Waals surface area (Å²) in [5, 5.41) is 10.7. The number of nitrogens with two attached hydrogens (primary N) is 1. The Morgan fingerprint density at radius 1 is 1.61 bits per heavy atom. The fourth-order valence-electron chi connectivity index (χ4n) is 3.26. The second-order valence-corrected chi connectivity index (χ2v) is 5.72. The molecule has 3 heteroatoms. The highest BCUT2D eigenvalue weighted by atomic mass is 16.3. The van der Waals surface area contributed by atoms with Crippen molar-refractivity contribution in [2.75, 3.05) is 6.54 Å². The molecular formula is C15H24N2O. The summed E-state index contributed by atoms with van der Waals surface area (Å²) in [6.07, 6.45) is 7.51. The lowest BCUT2D eigenvalue weighted by atomic mass is 9.76. The van der Waals surface area contributed by atoms with Crippen LogP contribution in [0, 0.1) is 18.3 Å². The predicted molar refractivity (Wildman–Crippen MR) is 73.1 cm³/mol. The van der Waals surface area contributed by atoms with E-state index >= 15 is 0 Å². The third-order valence-electron chi connectivity index (χ3n) is 4.68. The van der Waals surface area contributed by atoms with Crippen molar-refractivity contribution in [1.29, 1.82) is 0 Å². The molecule has 18 heavy (non-hydrogen) atoms. The molecule has 0 aliphatic heterocycles. The first-order chi connectivity index (χ1) is 8.63. The Bertz CT molecular complexity index is 407. The van der Waals surface area contributed by atoms with Gasteiger partial charge < -0.3 is 10.8 Å². The average molecular weight is 248 g/mol. The van der Waals surface area contributed by atoms with Crippen molar-refractivity contribution in [3.05, 3.63) is 29.6 Å². The van der Waals surface area contributed by atoms with Crippen molar-refractivity contribution in [1.82, 2.24) is 4.98 Å². The molecule has 0 amide bonds. The van der Waals surface area contributed by atoms with Crippen molar-refractivity contribution in [3.63, 3.8) is 0 Å². The molecule has 1 aromatic rings. The Kier molecular flexibility index (Phi) is 4.03. The second-order valence-electron chi connectivity index (χ2n) is 5.72. The Balaban J connectivity index is 2.26. The van der Waals surface area contributed by atoms with Crippen molar-refractivity contribution in [3.8, 4) is 0 Å². The molecule has 0 saturated heterocycles. The van der Waals surface area contributed by atoms with Gasteiger partial charge in [0, 0.05) is 29.9 Å². The van der Waals surface area contributed by atoms with Gasteiger partial charge >= 0.3 is 0 Å². The molecule has 0 bridgehead atoms. The van der Waals surface area contributed by atoms with Gasteiger partial charge in [0.25, 0.3) is 0 Å². The fourth-order valence-corrected chi connectivity index (χ4v) is 3.26. The van der Waals surface area contributed by atoms with Crippen LogP contribution in [0.4, 0.5) is 0 Å². The molecule has 3 nitrogen and oxygen atoms in total. The molecule has 1 aromatic heterocycles. The zero-order chi connectivity index (χ0) is 13.2. The van der Waals surface area contributed by atoms with Crippen LogP contribution in [0.1, 0.15) is 49.8 Å². The number of pyridine rings is 1. The molecule has 0 spiro atoms. The standard InChI is InChI=1S/C15H24N2O/c1-3-12-4-6-15(8-12,10-16)14(18)13-9-17-7-5-11(13)2/h5,7,9,12,14,18H,3-4,6,8,10,16H2,1-2H3. The van der Waals surface area contributed by atoms with Gasteiger partial charge in [0.2, 0.25) is 0 Å². The number of aliphatic hydroxyl groups is 1. The monoisotopic (exact) mass is 248 g/mol. The van der Waals surface area contributed by atoms with Crippen molar-refractivity contribution < 1.29 is 5.11 Å².